The van der Waals surface area contributed by atoms with Gasteiger partial charge in [0.2, 0.25) is 0 Å². The van der Waals surface area contributed by atoms with Gasteiger partial charge < -0.3 is 24.8 Å². The van der Waals surface area contributed by atoms with Gasteiger partial charge in [0.15, 0.2) is 17.5 Å². The van der Waals surface area contributed by atoms with E-state index in [0.29, 0.717) is 5.57 Å². The second-order valence-corrected chi connectivity index (χ2v) is 14.5. The topological polar surface area (TPSA) is 130 Å². The van der Waals surface area contributed by atoms with Crippen LogP contribution in [0.3, 0.4) is 0 Å². The van der Waals surface area contributed by atoms with Gasteiger partial charge in [0, 0.05) is 23.3 Å². The molecule has 0 heterocycles. The predicted molar refractivity (Wildman–Crippen MR) is 178 cm³/mol. The van der Waals surface area contributed by atoms with Crippen LogP contribution in [0.2, 0.25) is 0 Å². The molecule has 8 atom stereocenters. The van der Waals surface area contributed by atoms with Gasteiger partial charge in [-0.3, -0.25) is 4.79 Å². The molecule has 4 aliphatic carbocycles. The summed E-state index contributed by atoms with van der Waals surface area (Å²) >= 11 is 0. The van der Waals surface area contributed by atoms with E-state index < -0.39 is 70.5 Å². The molecule has 0 radical (unpaired) electrons. The highest BCUT2D eigenvalue weighted by atomic mass is 16.6. The summed E-state index contributed by atoms with van der Waals surface area (Å²) in [5, 5.41) is 35.0. The third-order valence-corrected chi connectivity index (χ3v) is 11.5. The summed E-state index contributed by atoms with van der Waals surface area (Å²) < 4.78 is 12.2. The lowest BCUT2D eigenvalue weighted by Crippen LogP contribution is -2.66. The Bertz CT molecular complexity index is 1490. The van der Waals surface area contributed by atoms with Gasteiger partial charge >= 0.3 is 11.9 Å². The van der Waals surface area contributed by atoms with Crippen LogP contribution in [-0.2, 0) is 19.1 Å². The standard InChI is InChI=1S/C39H50O8/c1-6-7-8-9-10-11-12-13-17-20-30(41)47-38-23-26(3)37-22-25(2)34(46-35(44)27-18-15-14-16-19-27)39(37,45)32(42)28(24-40)21-29(33(37)43)31(38)36(38,4)5/h12-22,26,29,31-32,34,40,42,45H,6-11,23-24H2,1-5H3/b13-12+,20-17+/t26-,29+,31-,32-,34+,37?,38+,39+/m1/s1. The first-order chi connectivity index (χ1) is 22.3. The number of benzene rings is 1. The van der Waals surface area contributed by atoms with E-state index >= 15 is 0 Å². The number of carbonyl (C=O) groups is 3. The van der Waals surface area contributed by atoms with Crippen LogP contribution < -0.4 is 0 Å². The van der Waals surface area contributed by atoms with E-state index in [1.807, 2.05) is 32.9 Å². The van der Waals surface area contributed by atoms with Crippen LogP contribution in [0.5, 0.6) is 0 Å². The maximum absolute atomic E-state index is 14.9. The van der Waals surface area contributed by atoms with Crippen molar-refractivity contribution in [1.82, 2.24) is 0 Å². The molecule has 5 rings (SSSR count). The highest BCUT2D eigenvalue weighted by Gasteiger charge is 2.83. The van der Waals surface area contributed by atoms with Crippen LogP contribution in [0, 0.1) is 28.6 Å². The van der Waals surface area contributed by atoms with E-state index in [1.165, 1.54) is 31.8 Å². The van der Waals surface area contributed by atoms with E-state index in [0.717, 1.165) is 12.8 Å². The average molecular weight is 647 g/mol. The number of carbonyl (C=O) groups excluding carboxylic acids is 3. The molecule has 0 saturated heterocycles. The maximum atomic E-state index is 14.9. The maximum Gasteiger partial charge on any atom is 0.338 e. The monoisotopic (exact) mass is 646 g/mol. The van der Waals surface area contributed by atoms with Gasteiger partial charge in [-0.1, -0.05) is 102 Å². The molecule has 1 aromatic rings. The number of Topliss-reactive ketones (excluding diaryl/α,β-unsaturated/α-hetero) is 1. The largest absolute Gasteiger partial charge is 0.455 e. The number of esters is 2. The molecule has 3 N–H and O–H groups in total. The number of aliphatic hydroxyl groups excluding tert-OH is 2. The molecule has 1 spiro atoms. The zero-order chi connectivity index (χ0) is 34.2. The lowest BCUT2D eigenvalue weighted by atomic mass is 9.59. The molecule has 1 aromatic carbocycles. The Kier molecular flexibility index (Phi) is 9.89. The molecule has 0 aliphatic heterocycles. The summed E-state index contributed by atoms with van der Waals surface area (Å²) in [5.41, 5.74) is -4.90. The second-order valence-electron chi connectivity index (χ2n) is 14.5. The molecular weight excluding hydrogens is 596 g/mol. The minimum atomic E-state index is -2.31. The fourth-order valence-corrected chi connectivity index (χ4v) is 9.03. The summed E-state index contributed by atoms with van der Waals surface area (Å²) in [5.74, 6) is -3.56. The summed E-state index contributed by atoms with van der Waals surface area (Å²) in [6.45, 7) is 8.98. The first-order valence-corrected chi connectivity index (χ1v) is 17.1. The molecule has 2 fully saturated rings. The Morgan fingerprint density at radius 1 is 1.06 bits per heavy atom. The molecule has 4 aliphatic rings. The second kappa shape index (κ2) is 13.3. The van der Waals surface area contributed by atoms with Crippen molar-refractivity contribution in [3.05, 3.63) is 83.5 Å². The molecule has 2 saturated carbocycles. The van der Waals surface area contributed by atoms with Gasteiger partial charge in [0.1, 0.15) is 11.7 Å². The van der Waals surface area contributed by atoms with Crippen LogP contribution in [0.4, 0.5) is 0 Å². The molecule has 1 unspecified atom stereocenters. The Hall–Kier alpha value is -3.33. The van der Waals surface area contributed by atoms with Crippen molar-refractivity contribution in [2.45, 2.75) is 103 Å². The van der Waals surface area contributed by atoms with Crippen molar-refractivity contribution in [2.24, 2.45) is 28.6 Å². The third kappa shape index (κ3) is 5.56. The van der Waals surface area contributed by atoms with Crippen LogP contribution >= 0.6 is 0 Å². The molecule has 0 aromatic heterocycles. The Morgan fingerprint density at radius 2 is 1.77 bits per heavy atom. The van der Waals surface area contributed by atoms with Gasteiger partial charge in [-0.15, -0.1) is 0 Å². The number of hydrogen-bond acceptors (Lipinski definition) is 8. The van der Waals surface area contributed by atoms with E-state index in [9.17, 15) is 29.7 Å². The lowest BCUT2D eigenvalue weighted by molar-refractivity contribution is -0.192. The predicted octanol–water partition coefficient (Wildman–Crippen LogP) is 5.82. The fraction of sp³-hybridized carbons (Fsp3) is 0.564. The Labute approximate surface area is 278 Å². The van der Waals surface area contributed by atoms with Gasteiger partial charge in [-0.25, -0.2) is 9.59 Å². The highest BCUT2D eigenvalue weighted by molar-refractivity contribution is 5.96. The Morgan fingerprint density at radius 3 is 2.45 bits per heavy atom. The van der Waals surface area contributed by atoms with Crippen LogP contribution in [0.1, 0.15) is 89.9 Å². The highest BCUT2D eigenvalue weighted by Crippen LogP contribution is 2.75. The number of hydrogen-bond donors (Lipinski definition) is 3. The van der Waals surface area contributed by atoms with Crippen LogP contribution in [0.25, 0.3) is 0 Å². The number of ketones is 1. The average Bonchev–Trinajstić information content (AvgIpc) is 3.44. The van der Waals surface area contributed by atoms with Crippen molar-refractivity contribution < 1.29 is 39.2 Å². The number of unbranched alkanes of at least 4 members (excludes halogenated alkanes) is 5. The minimum Gasteiger partial charge on any atom is -0.455 e. The molecule has 47 heavy (non-hydrogen) atoms. The molecule has 254 valence electrons. The zero-order valence-corrected chi connectivity index (χ0v) is 28.3. The Balaban J connectivity index is 1.45. The zero-order valence-electron chi connectivity index (χ0n) is 28.3. The summed E-state index contributed by atoms with van der Waals surface area (Å²) in [6.07, 6.45) is 14.2. The van der Waals surface area contributed by atoms with Crippen molar-refractivity contribution in [1.29, 1.82) is 0 Å². The third-order valence-electron chi connectivity index (χ3n) is 11.5. The summed E-state index contributed by atoms with van der Waals surface area (Å²) in [7, 11) is 0. The number of ether oxygens (including phenoxy) is 2. The number of fused-ring (bicyclic) bond motifs is 3. The molecule has 0 amide bonds. The van der Waals surface area contributed by atoms with Crippen LogP contribution in [-0.4, -0.2) is 63.1 Å². The van der Waals surface area contributed by atoms with Crippen molar-refractivity contribution >= 4 is 17.7 Å². The fourth-order valence-electron chi connectivity index (χ4n) is 9.03. The number of allylic oxidation sites excluding steroid dienone is 4. The van der Waals surface area contributed by atoms with Crippen molar-refractivity contribution in [3.8, 4) is 0 Å². The van der Waals surface area contributed by atoms with Crippen molar-refractivity contribution in [3.63, 3.8) is 0 Å². The van der Waals surface area contributed by atoms with E-state index in [1.54, 1.807) is 55.5 Å². The minimum absolute atomic E-state index is 0.0633. The molecule has 2 bridgehead atoms. The summed E-state index contributed by atoms with van der Waals surface area (Å²) in [4.78, 5) is 41.4. The lowest BCUT2D eigenvalue weighted by Gasteiger charge is -2.49. The van der Waals surface area contributed by atoms with E-state index in [2.05, 4.69) is 6.92 Å². The molecule has 8 heteroatoms. The number of rotatable bonds is 12. The van der Waals surface area contributed by atoms with E-state index in [4.69, 9.17) is 9.47 Å². The van der Waals surface area contributed by atoms with Gasteiger partial charge in [0.25, 0.3) is 0 Å². The molecule has 8 nitrogen and oxygen atoms in total. The smallest absolute Gasteiger partial charge is 0.338 e. The van der Waals surface area contributed by atoms with Gasteiger partial charge in [0.05, 0.1) is 17.6 Å². The van der Waals surface area contributed by atoms with Crippen LogP contribution in [0.15, 0.2) is 77.9 Å². The normalized spacial score (nSPS) is 35.4. The number of aliphatic hydroxyl groups is 3. The molecular formula is C39H50O8. The first-order valence-electron chi connectivity index (χ1n) is 17.1. The van der Waals surface area contributed by atoms with Crippen molar-refractivity contribution in [2.75, 3.05) is 6.61 Å². The first kappa shape index (κ1) is 35.0. The van der Waals surface area contributed by atoms with E-state index in [-0.39, 0.29) is 23.3 Å². The summed E-state index contributed by atoms with van der Waals surface area (Å²) in [6, 6.07) is 8.31. The quantitative estimate of drug-likeness (QED) is 0.0852. The van der Waals surface area contributed by atoms with Gasteiger partial charge in [-0.05, 0) is 55.4 Å². The van der Waals surface area contributed by atoms with Gasteiger partial charge in [-0.2, -0.15) is 0 Å². The SMILES string of the molecule is CCCCCCC/C=C/C=C/C(=O)O[C@@]12C[C@@H](C)C34C=C(C)[C@H](OC(=O)c5ccccc5)[C@@]3(O)[C@H](O)C(CO)=C[C@H](C4=O)[C@@H]1C2(C)C.